The molecular weight excluding hydrogens is 152 g/mol. The number of carbonyl (C=O) groups is 1. The molecule has 0 atom stereocenters. The van der Waals surface area contributed by atoms with Gasteiger partial charge in [-0.25, -0.2) is 0 Å². The van der Waals surface area contributed by atoms with Gasteiger partial charge in [-0.1, -0.05) is 6.42 Å². The quantitative estimate of drug-likeness (QED) is 0.547. The monoisotopic (exact) mass is 170 g/mol. The molecule has 2 heteroatoms. The van der Waals surface area contributed by atoms with Gasteiger partial charge in [0.15, 0.2) is 0 Å². The first-order chi connectivity index (χ1) is 5.84. The largest absolute Gasteiger partial charge is 0.385 e. The molecule has 0 aromatic rings. The van der Waals surface area contributed by atoms with Crippen molar-refractivity contribution in [1.29, 1.82) is 0 Å². The SMILES string of the molecule is COCCCCCC(=O)C1CC1. The maximum Gasteiger partial charge on any atom is 0.135 e. The van der Waals surface area contributed by atoms with Crippen LogP contribution >= 0.6 is 0 Å². The van der Waals surface area contributed by atoms with E-state index in [1.165, 1.54) is 0 Å². The number of Topliss-reactive ketones (excluding diaryl/α,β-unsaturated/α-hetero) is 1. The summed E-state index contributed by atoms with van der Waals surface area (Å²) in [4.78, 5) is 11.2. The van der Waals surface area contributed by atoms with Crippen molar-refractivity contribution >= 4 is 5.78 Å². The van der Waals surface area contributed by atoms with Gasteiger partial charge in [0, 0.05) is 26.1 Å². The van der Waals surface area contributed by atoms with Gasteiger partial charge >= 0.3 is 0 Å². The number of rotatable bonds is 7. The van der Waals surface area contributed by atoms with Crippen LogP contribution in [-0.4, -0.2) is 19.5 Å². The molecule has 12 heavy (non-hydrogen) atoms. The summed E-state index contributed by atoms with van der Waals surface area (Å²) in [6, 6.07) is 0. The Morgan fingerprint density at radius 2 is 2.08 bits per heavy atom. The van der Waals surface area contributed by atoms with Crippen LogP contribution in [0.4, 0.5) is 0 Å². The summed E-state index contributed by atoms with van der Waals surface area (Å²) in [6.07, 6.45) is 6.38. The van der Waals surface area contributed by atoms with E-state index < -0.39 is 0 Å². The van der Waals surface area contributed by atoms with Crippen LogP contribution < -0.4 is 0 Å². The summed E-state index contributed by atoms with van der Waals surface area (Å²) in [7, 11) is 1.72. The zero-order chi connectivity index (χ0) is 8.81. The minimum absolute atomic E-state index is 0.451. The second-order valence-electron chi connectivity index (χ2n) is 3.54. The summed E-state index contributed by atoms with van der Waals surface area (Å²) in [6.45, 7) is 0.831. The minimum Gasteiger partial charge on any atom is -0.385 e. The van der Waals surface area contributed by atoms with Crippen LogP contribution in [0.3, 0.4) is 0 Å². The summed E-state index contributed by atoms with van der Waals surface area (Å²) in [5.74, 6) is 0.944. The van der Waals surface area contributed by atoms with Crippen LogP contribution in [0.1, 0.15) is 38.5 Å². The first-order valence-corrected chi connectivity index (χ1v) is 4.86. The Balaban J connectivity index is 1.84. The van der Waals surface area contributed by atoms with Crippen molar-refractivity contribution in [1.82, 2.24) is 0 Å². The Morgan fingerprint density at radius 1 is 1.33 bits per heavy atom. The van der Waals surface area contributed by atoms with Gasteiger partial charge in [0.2, 0.25) is 0 Å². The van der Waals surface area contributed by atoms with Crippen LogP contribution in [0.25, 0.3) is 0 Å². The van der Waals surface area contributed by atoms with Crippen molar-refractivity contribution in [3.63, 3.8) is 0 Å². The van der Waals surface area contributed by atoms with Gasteiger partial charge in [0.05, 0.1) is 0 Å². The smallest absolute Gasteiger partial charge is 0.135 e. The normalized spacial score (nSPS) is 16.4. The maximum absolute atomic E-state index is 11.2. The zero-order valence-corrected chi connectivity index (χ0v) is 7.84. The second kappa shape index (κ2) is 5.31. The Hall–Kier alpha value is -0.370. The molecule has 1 rings (SSSR count). The lowest BCUT2D eigenvalue weighted by molar-refractivity contribution is -0.120. The number of ketones is 1. The van der Waals surface area contributed by atoms with Gasteiger partial charge in [-0.3, -0.25) is 4.79 Å². The lowest BCUT2D eigenvalue weighted by Gasteiger charge is -1.99. The van der Waals surface area contributed by atoms with Crippen LogP contribution in [0.15, 0.2) is 0 Å². The summed E-state index contributed by atoms with van der Waals surface area (Å²) < 4.78 is 4.92. The summed E-state index contributed by atoms with van der Waals surface area (Å²) >= 11 is 0. The van der Waals surface area contributed by atoms with E-state index in [-0.39, 0.29) is 0 Å². The van der Waals surface area contributed by atoms with E-state index in [4.69, 9.17) is 4.74 Å². The van der Waals surface area contributed by atoms with E-state index in [0.717, 1.165) is 45.1 Å². The fourth-order valence-electron chi connectivity index (χ4n) is 1.33. The zero-order valence-electron chi connectivity index (χ0n) is 7.84. The van der Waals surface area contributed by atoms with Gasteiger partial charge in [0.1, 0.15) is 5.78 Å². The van der Waals surface area contributed by atoms with Crippen LogP contribution in [0, 0.1) is 5.92 Å². The Labute approximate surface area is 74.3 Å². The minimum atomic E-state index is 0.451. The van der Waals surface area contributed by atoms with E-state index in [1.54, 1.807) is 7.11 Å². The topological polar surface area (TPSA) is 26.3 Å². The molecule has 0 N–H and O–H groups in total. The van der Waals surface area contributed by atoms with Crippen molar-refractivity contribution in [2.75, 3.05) is 13.7 Å². The molecule has 0 unspecified atom stereocenters. The fraction of sp³-hybridized carbons (Fsp3) is 0.900. The predicted octanol–water partition coefficient (Wildman–Crippen LogP) is 2.17. The first kappa shape index (κ1) is 9.72. The number of carbonyl (C=O) groups excluding carboxylic acids is 1. The van der Waals surface area contributed by atoms with Crippen molar-refractivity contribution < 1.29 is 9.53 Å². The lowest BCUT2D eigenvalue weighted by atomic mass is 10.1. The molecule has 70 valence electrons. The molecule has 1 aliphatic rings. The van der Waals surface area contributed by atoms with E-state index >= 15 is 0 Å². The number of hydrogen-bond donors (Lipinski definition) is 0. The molecular formula is C10H18O2. The van der Waals surface area contributed by atoms with Crippen LogP contribution in [0.2, 0.25) is 0 Å². The van der Waals surface area contributed by atoms with Crippen molar-refractivity contribution in [2.24, 2.45) is 5.92 Å². The van der Waals surface area contributed by atoms with Crippen LogP contribution in [0.5, 0.6) is 0 Å². The molecule has 0 aliphatic heterocycles. The first-order valence-electron chi connectivity index (χ1n) is 4.86. The predicted molar refractivity (Wildman–Crippen MR) is 48.1 cm³/mol. The second-order valence-corrected chi connectivity index (χ2v) is 3.54. The van der Waals surface area contributed by atoms with Crippen molar-refractivity contribution in [3.8, 4) is 0 Å². The summed E-state index contributed by atoms with van der Waals surface area (Å²) in [5, 5.41) is 0. The molecule has 0 heterocycles. The highest BCUT2D eigenvalue weighted by atomic mass is 16.5. The number of ether oxygens (including phenoxy) is 1. The maximum atomic E-state index is 11.2. The van der Waals surface area contributed by atoms with Gasteiger partial charge in [-0.05, 0) is 25.7 Å². The number of hydrogen-bond acceptors (Lipinski definition) is 2. The van der Waals surface area contributed by atoms with E-state index in [1.807, 2.05) is 0 Å². The molecule has 0 amide bonds. The fourth-order valence-corrected chi connectivity index (χ4v) is 1.33. The Kier molecular flexibility index (Phi) is 4.30. The average Bonchev–Trinajstić information content (AvgIpc) is 2.86. The Morgan fingerprint density at radius 3 is 2.67 bits per heavy atom. The molecule has 2 nitrogen and oxygen atoms in total. The molecule has 0 aromatic heterocycles. The van der Waals surface area contributed by atoms with Crippen molar-refractivity contribution in [3.05, 3.63) is 0 Å². The molecule has 0 radical (unpaired) electrons. The standard InChI is InChI=1S/C10H18O2/c1-12-8-4-2-3-5-10(11)9-6-7-9/h9H,2-8H2,1H3. The highest BCUT2D eigenvalue weighted by Gasteiger charge is 2.28. The van der Waals surface area contributed by atoms with Gasteiger partial charge in [-0.2, -0.15) is 0 Å². The number of methoxy groups -OCH3 is 1. The molecule has 0 aromatic carbocycles. The highest BCUT2D eigenvalue weighted by molar-refractivity contribution is 5.82. The van der Waals surface area contributed by atoms with Gasteiger partial charge < -0.3 is 4.74 Å². The van der Waals surface area contributed by atoms with E-state index in [0.29, 0.717) is 11.7 Å². The van der Waals surface area contributed by atoms with Gasteiger partial charge in [-0.15, -0.1) is 0 Å². The average molecular weight is 170 g/mol. The molecule has 1 fully saturated rings. The van der Waals surface area contributed by atoms with Gasteiger partial charge in [0.25, 0.3) is 0 Å². The summed E-state index contributed by atoms with van der Waals surface area (Å²) in [5.41, 5.74) is 0. The third-order valence-corrected chi connectivity index (χ3v) is 2.30. The molecule has 1 saturated carbocycles. The van der Waals surface area contributed by atoms with Crippen LogP contribution in [-0.2, 0) is 9.53 Å². The van der Waals surface area contributed by atoms with Crippen molar-refractivity contribution in [2.45, 2.75) is 38.5 Å². The molecule has 0 bridgehead atoms. The molecule has 0 saturated heterocycles. The molecule has 0 spiro atoms. The Bertz CT molecular complexity index is 139. The van der Waals surface area contributed by atoms with E-state index in [2.05, 4.69) is 0 Å². The third kappa shape index (κ3) is 3.86. The third-order valence-electron chi connectivity index (χ3n) is 2.30. The number of unbranched alkanes of at least 4 members (excludes halogenated alkanes) is 2. The molecule has 1 aliphatic carbocycles. The lowest BCUT2D eigenvalue weighted by Crippen LogP contribution is -1.99. The van der Waals surface area contributed by atoms with E-state index in [9.17, 15) is 4.79 Å². The highest BCUT2D eigenvalue weighted by Crippen LogP contribution is 2.31.